The average Bonchev–Trinajstić information content (AvgIpc) is 1.50. The third-order valence-electron chi connectivity index (χ3n) is 0. The van der Waals surface area contributed by atoms with E-state index in [4.69, 9.17) is 8.78 Å². The lowest BCUT2D eigenvalue weighted by atomic mass is 11.9. The first kappa shape index (κ1) is 9.13. The Morgan fingerprint density at radius 3 is 0.750 bits per heavy atom. The van der Waals surface area contributed by atoms with Crippen molar-refractivity contribution >= 4 is 0 Å². The third-order valence-corrected chi connectivity index (χ3v) is 0. The number of hydrogen-bond donors (Lipinski definition) is 0. The van der Waals surface area contributed by atoms with Gasteiger partial charge in [-0.3, -0.25) is 0 Å². The van der Waals surface area contributed by atoms with Crippen LogP contribution in [0.25, 0.3) is 0 Å². The molecule has 4 heavy (non-hydrogen) atoms. The fraction of sp³-hybridized carbons (Fsp3) is 0. The standard InChI is InChI=1S/2CF/c2*1-2. The molecule has 0 aliphatic heterocycles. The Kier molecular flexibility index (Phi) is 1150. The SMILES string of the molecule is [C]F.[C]F. The van der Waals surface area contributed by atoms with E-state index in [2.05, 4.69) is 14.4 Å². The van der Waals surface area contributed by atoms with Gasteiger partial charge in [0.25, 0.3) is 0 Å². The molecular weight excluding hydrogens is 62.0 g/mol. The third kappa shape index (κ3) is 70.2. The van der Waals surface area contributed by atoms with E-state index < -0.39 is 0 Å². The minimum absolute atomic E-state index is 4.25. The molecule has 22 valence electrons. The Balaban J connectivity index is 0. The highest BCUT2D eigenvalue weighted by Crippen LogP contribution is 1.27. The van der Waals surface area contributed by atoms with E-state index >= 15 is 0 Å². The van der Waals surface area contributed by atoms with Crippen LogP contribution < -0.4 is 0 Å². The summed E-state index contributed by atoms with van der Waals surface area (Å²) in [7, 11) is 8.50. The van der Waals surface area contributed by atoms with Crippen LogP contribution in [0.3, 0.4) is 0 Å². The van der Waals surface area contributed by atoms with Crippen molar-refractivity contribution < 1.29 is 8.78 Å². The molecular formula is C2F2. The summed E-state index contributed by atoms with van der Waals surface area (Å²) in [5.74, 6) is 0. The highest BCUT2D eigenvalue weighted by Gasteiger charge is 1.03. The van der Waals surface area contributed by atoms with E-state index in [0.29, 0.717) is 0 Å². The minimum Gasteiger partial charge on any atom is -0.232 e. The zero-order valence-corrected chi connectivity index (χ0v) is 1.76. The molecule has 0 amide bonds. The van der Waals surface area contributed by atoms with Gasteiger partial charge in [-0.2, -0.15) is 0 Å². The van der Waals surface area contributed by atoms with Crippen molar-refractivity contribution in [2.45, 2.75) is 0 Å². The molecule has 0 aromatic carbocycles. The molecule has 0 atom stereocenters. The molecule has 0 aromatic heterocycles. The van der Waals surface area contributed by atoms with Crippen LogP contribution >= 0.6 is 0 Å². The van der Waals surface area contributed by atoms with Gasteiger partial charge < -0.3 is 0 Å². The van der Waals surface area contributed by atoms with Crippen LogP contribution in [-0.4, -0.2) is 0 Å². The van der Waals surface area contributed by atoms with Crippen LogP contribution in [-0.2, 0) is 0 Å². The molecule has 0 N–H and O–H groups in total. The summed E-state index contributed by atoms with van der Waals surface area (Å²) in [6, 6.07) is 0. The molecule has 2 heteroatoms. The second-order valence-electron chi connectivity index (χ2n) is 0. The minimum atomic E-state index is 4.25. The highest BCUT2D eigenvalue weighted by molar-refractivity contribution is 3.64. The summed E-state index contributed by atoms with van der Waals surface area (Å²) in [5.41, 5.74) is 0. The van der Waals surface area contributed by atoms with E-state index in [1.807, 2.05) is 0 Å². The van der Waals surface area contributed by atoms with Gasteiger partial charge in [-0.05, 0) is 0 Å². The first-order valence-electron chi connectivity index (χ1n) is 0.378. The quantitative estimate of drug-likeness (QED) is 0.392. The molecule has 0 bridgehead atoms. The molecule has 0 aromatic rings. The van der Waals surface area contributed by atoms with E-state index in [1.54, 1.807) is 0 Å². The Morgan fingerprint density at radius 2 is 0.750 bits per heavy atom. The summed E-state index contributed by atoms with van der Waals surface area (Å²) in [6.45, 7) is 0. The van der Waals surface area contributed by atoms with Crippen LogP contribution in [0.5, 0.6) is 0 Å². The van der Waals surface area contributed by atoms with Gasteiger partial charge in [0.2, 0.25) is 14.4 Å². The van der Waals surface area contributed by atoms with Gasteiger partial charge in [0.15, 0.2) is 0 Å². The molecule has 0 unspecified atom stereocenters. The van der Waals surface area contributed by atoms with E-state index in [1.165, 1.54) is 0 Å². The van der Waals surface area contributed by atoms with Gasteiger partial charge in [-0.25, -0.2) is 8.78 Å². The maximum atomic E-state index is 8.75. The van der Waals surface area contributed by atoms with Crippen molar-refractivity contribution in [1.29, 1.82) is 0 Å². The maximum Gasteiger partial charge on any atom is 0.232 e. The average molecular weight is 62.0 g/mol. The highest BCUT2D eigenvalue weighted by atomic mass is 19.1. The molecule has 0 heterocycles. The Morgan fingerprint density at radius 1 is 0.750 bits per heavy atom. The maximum absolute atomic E-state index is 8.75. The Labute approximate surface area is 24.4 Å². The fourth-order valence-electron chi connectivity index (χ4n) is 0. The predicted octanol–water partition coefficient (Wildman–Crippen LogP) is 1.00. The van der Waals surface area contributed by atoms with Gasteiger partial charge in [0.1, 0.15) is 0 Å². The number of hydrogen-bond acceptors (Lipinski definition) is 0. The van der Waals surface area contributed by atoms with Gasteiger partial charge >= 0.3 is 0 Å². The van der Waals surface area contributed by atoms with Crippen molar-refractivity contribution in [3.05, 3.63) is 14.4 Å². The molecule has 0 spiro atoms. The second kappa shape index (κ2) is 505. The first-order chi connectivity index (χ1) is 2.00. The van der Waals surface area contributed by atoms with Crippen molar-refractivity contribution in [3.63, 3.8) is 0 Å². The fourth-order valence-corrected chi connectivity index (χ4v) is 0. The molecule has 0 saturated heterocycles. The van der Waals surface area contributed by atoms with E-state index in [0.717, 1.165) is 0 Å². The van der Waals surface area contributed by atoms with E-state index in [9.17, 15) is 0 Å². The normalized spacial score (nSPS) is 3.00. The summed E-state index contributed by atoms with van der Waals surface area (Å²) in [5, 5.41) is 0. The van der Waals surface area contributed by atoms with Crippen molar-refractivity contribution in [1.82, 2.24) is 0 Å². The summed E-state index contributed by atoms with van der Waals surface area (Å²) in [4.78, 5) is 0. The molecule has 0 nitrogen and oxygen atoms in total. The largest absolute Gasteiger partial charge is 0.232 e. The van der Waals surface area contributed by atoms with Crippen LogP contribution in [0.2, 0.25) is 0 Å². The Bertz CT molecular complexity index is 4.00. The summed E-state index contributed by atoms with van der Waals surface area (Å²) >= 11 is 0. The lowest BCUT2D eigenvalue weighted by molar-refractivity contribution is 0.712. The van der Waals surface area contributed by atoms with Gasteiger partial charge in [-0.15, -0.1) is 0 Å². The lowest BCUT2D eigenvalue weighted by Crippen LogP contribution is -0.764. The van der Waals surface area contributed by atoms with Crippen molar-refractivity contribution in [3.8, 4) is 0 Å². The van der Waals surface area contributed by atoms with Gasteiger partial charge in [0, 0.05) is 0 Å². The number of halogens is 2. The van der Waals surface area contributed by atoms with Crippen LogP contribution in [0.1, 0.15) is 0 Å². The van der Waals surface area contributed by atoms with Crippen LogP contribution in [0, 0.1) is 14.4 Å². The van der Waals surface area contributed by atoms with Gasteiger partial charge in [0.05, 0.1) is 0 Å². The Hall–Kier alpha value is -0.140. The molecule has 0 aliphatic carbocycles. The topological polar surface area (TPSA) is 0 Å². The molecule has 0 rings (SSSR count). The second-order valence-corrected chi connectivity index (χ2v) is 0. The summed E-state index contributed by atoms with van der Waals surface area (Å²) < 4.78 is 17.5. The molecule has 6 radical (unpaired) electrons. The first-order valence-corrected chi connectivity index (χ1v) is 0.378. The molecule has 0 aliphatic rings. The molecule has 0 fully saturated rings. The van der Waals surface area contributed by atoms with E-state index in [-0.39, 0.29) is 0 Å². The lowest BCUT2D eigenvalue weighted by Gasteiger charge is -1.03. The monoisotopic (exact) mass is 62.0 g/mol. The van der Waals surface area contributed by atoms with Crippen LogP contribution in [0.15, 0.2) is 0 Å². The smallest absolute Gasteiger partial charge is 0.232 e. The number of rotatable bonds is 0. The van der Waals surface area contributed by atoms with Crippen LogP contribution in [0.4, 0.5) is 8.78 Å². The van der Waals surface area contributed by atoms with Gasteiger partial charge in [-0.1, -0.05) is 0 Å². The molecule has 0 saturated carbocycles. The zero-order chi connectivity index (χ0) is 4.00. The summed E-state index contributed by atoms with van der Waals surface area (Å²) in [6.07, 6.45) is 0. The van der Waals surface area contributed by atoms with Crippen molar-refractivity contribution in [2.24, 2.45) is 0 Å². The zero-order valence-electron chi connectivity index (χ0n) is 1.76. The predicted molar refractivity (Wildman–Crippen MR) is 8.70 cm³/mol. The van der Waals surface area contributed by atoms with Crippen molar-refractivity contribution in [2.75, 3.05) is 0 Å².